The molecule has 0 N–H and O–H groups in total. The summed E-state index contributed by atoms with van der Waals surface area (Å²) in [5, 5.41) is 0.836. The van der Waals surface area contributed by atoms with E-state index in [4.69, 9.17) is 21.1 Å². The van der Waals surface area contributed by atoms with Crippen molar-refractivity contribution in [3.63, 3.8) is 0 Å². The average molecular weight is 467 g/mol. The molecule has 0 spiro atoms. The quantitative estimate of drug-likeness (QED) is 0.669. The minimum absolute atomic E-state index is 0.0111. The van der Waals surface area contributed by atoms with Gasteiger partial charge in [-0.15, -0.1) is 0 Å². The number of amides is 1. The fourth-order valence-electron chi connectivity index (χ4n) is 3.49. The highest BCUT2D eigenvalue weighted by Crippen LogP contribution is 2.43. The number of benzene rings is 2. The molecule has 4 rings (SSSR count). The van der Waals surface area contributed by atoms with E-state index in [1.54, 1.807) is 42.3 Å². The molecule has 0 aromatic heterocycles. The van der Waals surface area contributed by atoms with Crippen LogP contribution in [-0.2, 0) is 14.6 Å². The largest absolute Gasteiger partial charge is 0.495 e. The van der Waals surface area contributed by atoms with Crippen molar-refractivity contribution in [1.82, 2.24) is 0 Å². The van der Waals surface area contributed by atoms with Gasteiger partial charge < -0.3 is 14.4 Å². The standard InChI is InChI=1S/C20H19ClN2O5S2/c1-27-17-5-3-2-4-15(17)23-16-11-30(25,26)12-18(16)29-20(23)22-19(24)10-28-14-8-6-13(21)7-9-14/h2-9,16,18H,10-12H2,1H3/t16-,18-/m0/s1. The van der Waals surface area contributed by atoms with Crippen LogP contribution in [0.1, 0.15) is 0 Å². The summed E-state index contributed by atoms with van der Waals surface area (Å²) in [6.07, 6.45) is 0. The zero-order valence-corrected chi connectivity index (χ0v) is 18.4. The van der Waals surface area contributed by atoms with E-state index in [9.17, 15) is 13.2 Å². The second kappa shape index (κ2) is 8.49. The lowest BCUT2D eigenvalue weighted by Crippen LogP contribution is -2.38. The van der Waals surface area contributed by atoms with Crippen molar-refractivity contribution in [3.05, 3.63) is 53.6 Å². The number of sulfone groups is 1. The van der Waals surface area contributed by atoms with Crippen LogP contribution in [0, 0.1) is 0 Å². The lowest BCUT2D eigenvalue weighted by atomic mass is 10.2. The molecule has 158 valence electrons. The van der Waals surface area contributed by atoms with E-state index in [0.29, 0.717) is 27.4 Å². The summed E-state index contributed by atoms with van der Waals surface area (Å²) in [5.74, 6) is 0.701. The molecule has 0 bridgehead atoms. The number of rotatable bonds is 5. The summed E-state index contributed by atoms with van der Waals surface area (Å²) in [7, 11) is -1.60. The van der Waals surface area contributed by atoms with Gasteiger partial charge in [0.25, 0.3) is 5.91 Å². The number of thioether (sulfide) groups is 1. The normalized spacial score (nSPS) is 23.4. The highest BCUT2D eigenvalue weighted by Gasteiger charge is 2.50. The summed E-state index contributed by atoms with van der Waals surface area (Å²) in [6.45, 7) is -0.237. The number of ether oxygens (including phenoxy) is 2. The number of carbonyl (C=O) groups excluding carboxylic acids is 1. The van der Waals surface area contributed by atoms with Crippen LogP contribution in [-0.4, -0.2) is 56.0 Å². The van der Waals surface area contributed by atoms with Gasteiger partial charge in [0.2, 0.25) is 0 Å². The average Bonchev–Trinajstić information content (AvgIpc) is 3.18. The van der Waals surface area contributed by atoms with Crippen LogP contribution < -0.4 is 14.4 Å². The minimum atomic E-state index is -3.15. The zero-order chi connectivity index (χ0) is 21.3. The molecule has 0 aliphatic carbocycles. The van der Waals surface area contributed by atoms with Gasteiger partial charge in [0.1, 0.15) is 11.5 Å². The van der Waals surface area contributed by atoms with Gasteiger partial charge in [0.15, 0.2) is 21.6 Å². The fourth-order valence-corrected chi connectivity index (χ4v) is 7.54. The van der Waals surface area contributed by atoms with Crippen LogP contribution in [0.2, 0.25) is 5.02 Å². The van der Waals surface area contributed by atoms with Crippen LogP contribution in [0.5, 0.6) is 11.5 Å². The van der Waals surface area contributed by atoms with E-state index in [-0.39, 0.29) is 29.4 Å². The Morgan fingerprint density at radius 2 is 1.93 bits per heavy atom. The highest BCUT2D eigenvalue weighted by molar-refractivity contribution is 8.16. The van der Waals surface area contributed by atoms with Gasteiger partial charge in [0, 0.05) is 10.3 Å². The molecule has 2 aliphatic rings. The first kappa shape index (κ1) is 21.0. The third kappa shape index (κ3) is 4.43. The number of hydrogen-bond acceptors (Lipinski definition) is 6. The summed E-state index contributed by atoms with van der Waals surface area (Å²) in [5.41, 5.74) is 0.683. The van der Waals surface area contributed by atoms with E-state index < -0.39 is 15.7 Å². The Labute approximate surface area is 183 Å². The fraction of sp³-hybridized carbons (Fsp3) is 0.300. The van der Waals surface area contributed by atoms with Crippen molar-refractivity contribution < 1.29 is 22.7 Å². The molecule has 0 radical (unpaired) electrons. The molecule has 2 aromatic carbocycles. The van der Waals surface area contributed by atoms with Crippen molar-refractivity contribution in [2.24, 2.45) is 4.99 Å². The summed E-state index contributed by atoms with van der Waals surface area (Å²) in [4.78, 5) is 18.5. The number of amidine groups is 1. The van der Waals surface area contributed by atoms with E-state index in [0.717, 1.165) is 0 Å². The monoisotopic (exact) mass is 466 g/mol. The van der Waals surface area contributed by atoms with Crippen LogP contribution in [0.25, 0.3) is 0 Å². The number of hydrogen-bond donors (Lipinski definition) is 0. The molecule has 1 amide bonds. The van der Waals surface area contributed by atoms with E-state index in [2.05, 4.69) is 4.99 Å². The first-order valence-corrected chi connectivity index (χ1v) is 12.2. The maximum absolute atomic E-state index is 12.5. The number of para-hydroxylation sites is 2. The Hall–Kier alpha value is -2.23. The molecule has 2 heterocycles. The third-order valence-electron chi connectivity index (χ3n) is 4.81. The van der Waals surface area contributed by atoms with E-state index in [1.807, 2.05) is 18.2 Å². The number of carbonyl (C=O) groups is 1. The number of methoxy groups -OCH3 is 1. The molecular weight excluding hydrogens is 448 g/mol. The number of fused-ring (bicyclic) bond motifs is 1. The maximum Gasteiger partial charge on any atom is 0.285 e. The van der Waals surface area contributed by atoms with Crippen molar-refractivity contribution in [2.75, 3.05) is 30.1 Å². The van der Waals surface area contributed by atoms with Crippen molar-refractivity contribution >= 4 is 50.0 Å². The number of anilines is 1. The third-order valence-corrected chi connectivity index (χ3v) is 8.27. The van der Waals surface area contributed by atoms with Crippen LogP contribution in [0.15, 0.2) is 53.5 Å². The summed E-state index contributed by atoms with van der Waals surface area (Å²) in [6, 6.07) is 13.7. The lowest BCUT2D eigenvalue weighted by Gasteiger charge is -2.26. The Morgan fingerprint density at radius 1 is 1.20 bits per heavy atom. The maximum atomic E-state index is 12.5. The Balaban J connectivity index is 1.59. The van der Waals surface area contributed by atoms with Crippen molar-refractivity contribution in [2.45, 2.75) is 11.3 Å². The topological polar surface area (TPSA) is 85.3 Å². The molecule has 2 fully saturated rings. The van der Waals surface area contributed by atoms with E-state index >= 15 is 0 Å². The smallest absolute Gasteiger partial charge is 0.285 e. The molecule has 2 aliphatic heterocycles. The van der Waals surface area contributed by atoms with Crippen molar-refractivity contribution in [3.8, 4) is 11.5 Å². The zero-order valence-electron chi connectivity index (χ0n) is 16.0. The molecule has 0 saturated carbocycles. The molecule has 2 aromatic rings. The first-order chi connectivity index (χ1) is 14.4. The number of halogens is 1. The molecule has 2 atom stereocenters. The van der Waals surface area contributed by atoms with Crippen LogP contribution in [0.3, 0.4) is 0 Å². The number of nitrogens with zero attached hydrogens (tertiary/aromatic N) is 2. The highest BCUT2D eigenvalue weighted by atomic mass is 35.5. The van der Waals surface area contributed by atoms with Gasteiger partial charge in [0.05, 0.1) is 30.3 Å². The molecule has 2 saturated heterocycles. The first-order valence-electron chi connectivity index (χ1n) is 9.15. The SMILES string of the molecule is COc1ccccc1N1C(=NC(=O)COc2ccc(Cl)cc2)S[C@H]2CS(=O)(=O)C[C@@H]21. The van der Waals surface area contributed by atoms with E-state index in [1.165, 1.54) is 11.8 Å². The molecule has 7 nitrogen and oxygen atoms in total. The second-order valence-electron chi connectivity index (χ2n) is 6.87. The van der Waals surface area contributed by atoms with Gasteiger partial charge in [-0.3, -0.25) is 4.79 Å². The molecule has 30 heavy (non-hydrogen) atoms. The Kier molecular flexibility index (Phi) is 5.95. The van der Waals surface area contributed by atoms with Crippen molar-refractivity contribution in [1.29, 1.82) is 0 Å². The summed E-state index contributed by atoms with van der Waals surface area (Å²) >= 11 is 7.15. The number of aliphatic imine (C=N–C) groups is 1. The molecule has 10 heteroatoms. The summed E-state index contributed by atoms with van der Waals surface area (Å²) < 4.78 is 35.3. The molecular formula is C20H19ClN2O5S2. The van der Waals surface area contributed by atoms with Gasteiger partial charge in [-0.1, -0.05) is 35.5 Å². The predicted octanol–water partition coefficient (Wildman–Crippen LogP) is 3.03. The van der Waals surface area contributed by atoms with Gasteiger partial charge >= 0.3 is 0 Å². The second-order valence-corrected chi connectivity index (χ2v) is 10.7. The Bertz CT molecular complexity index is 1090. The molecule has 0 unspecified atom stereocenters. The minimum Gasteiger partial charge on any atom is -0.495 e. The van der Waals surface area contributed by atoms with Gasteiger partial charge in [-0.25, -0.2) is 8.42 Å². The van der Waals surface area contributed by atoms with Crippen LogP contribution in [0.4, 0.5) is 5.69 Å². The Morgan fingerprint density at radius 3 is 2.67 bits per heavy atom. The van der Waals surface area contributed by atoms with Gasteiger partial charge in [-0.05, 0) is 36.4 Å². The van der Waals surface area contributed by atoms with Gasteiger partial charge in [-0.2, -0.15) is 4.99 Å². The lowest BCUT2D eigenvalue weighted by molar-refractivity contribution is -0.119. The predicted molar refractivity (Wildman–Crippen MR) is 119 cm³/mol. The van der Waals surface area contributed by atoms with Crippen LogP contribution >= 0.6 is 23.4 Å².